The molecule has 0 aliphatic heterocycles. The summed E-state index contributed by atoms with van der Waals surface area (Å²) in [4.78, 5) is 25.3. The van der Waals surface area contributed by atoms with E-state index in [1.807, 2.05) is 24.3 Å². The first-order valence-corrected chi connectivity index (χ1v) is 12.7. The normalized spacial score (nSPS) is 16.8. The van der Waals surface area contributed by atoms with Crippen molar-refractivity contribution in [3.63, 3.8) is 0 Å². The Morgan fingerprint density at radius 2 is 0.848 bits per heavy atom. The lowest BCUT2D eigenvalue weighted by Crippen LogP contribution is -2.16. The first kappa shape index (κ1) is 27.5. The highest BCUT2D eigenvalue weighted by molar-refractivity contribution is 6.11. The number of allylic oxidation sites excluding steroid dienone is 8. The van der Waals surface area contributed by atoms with Gasteiger partial charge in [-0.15, -0.1) is 0 Å². The maximum absolute atomic E-state index is 12.7. The molecule has 0 bridgehead atoms. The van der Waals surface area contributed by atoms with Crippen LogP contribution in [-0.2, 0) is 9.59 Å². The van der Waals surface area contributed by atoms with Gasteiger partial charge in [-0.2, -0.15) is 0 Å². The molecule has 0 aromatic carbocycles. The second-order valence-electron chi connectivity index (χ2n) is 11.3. The van der Waals surface area contributed by atoms with E-state index in [1.54, 1.807) is 0 Å². The van der Waals surface area contributed by atoms with Crippen molar-refractivity contribution >= 4 is 11.6 Å². The summed E-state index contributed by atoms with van der Waals surface area (Å²) in [5.74, 6) is 0.348. The van der Waals surface area contributed by atoms with E-state index in [9.17, 15) is 19.8 Å². The van der Waals surface area contributed by atoms with Crippen LogP contribution in [0.5, 0.6) is 0 Å². The van der Waals surface area contributed by atoms with Crippen molar-refractivity contribution in [3.05, 3.63) is 46.6 Å². The Kier molecular flexibility index (Phi) is 10.5. The van der Waals surface area contributed by atoms with E-state index in [1.165, 1.54) is 0 Å². The highest BCUT2D eigenvalue weighted by atomic mass is 16.3. The zero-order valence-electron chi connectivity index (χ0n) is 21.2. The van der Waals surface area contributed by atoms with Crippen LogP contribution < -0.4 is 0 Å². The standard InChI is InChI=1S/C29H44O4/c1-28(2,20-30)18-7-5-10-22-14-16-24(26(22)32)12-9-13-25-17-15-23(27(25)33)11-6-8-19-29(3,4)21-31/h14-17,30-31H,5-13,18-21H2,1-4H3. The third kappa shape index (κ3) is 8.83. The summed E-state index contributed by atoms with van der Waals surface area (Å²) in [6, 6.07) is 0. The quantitative estimate of drug-likeness (QED) is 0.272. The van der Waals surface area contributed by atoms with Crippen molar-refractivity contribution in [1.82, 2.24) is 0 Å². The van der Waals surface area contributed by atoms with Crippen LogP contribution in [0.25, 0.3) is 0 Å². The number of aliphatic hydroxyl groups is 2. The molecule has 0 radical (unpaired) electrons. The predicted molar refractivity (Wildman–Crippen MR) is 135 cm³/mol. The molecule has 0 spiro atoms. The van der Waals surface area contributed by atoms with E-state index in [0.717, 1.165) is 80.1 Å². The Hall–Kier alpha value is -1.78. The van der Waals surface area contributed by atoms with Crippen molar-refractivity contribution in [2.24, 2.45) is 10.8 Å². The number of hydrogen-bond acceptors (Lipinski definition) is 4. The Balaban J connectivity index is 1.62. The molecule has 2 aliphatic rings. The van der Waals surface area contributed by atoms with Gasteiger partial charge in [0.25, 0.3) is 0 Å². The maximum atomic E-state index is 12.7. The molecule has 0 heterocycles. The van der Waals surface area contributed by atoms with Crippen molar-refractivity contribution in [1.29, 1.82) is 0 Å². The molecule has 4 heteroatoms. The maximum Gasteiger partial charge on any atom is 0.184 e. The van der Waals surface area contributed by atoms with Crippen molar-refractivity contribution in [2.45, 2.75) is 98.3 Å². The Bertz CT molecular complexity index is 753. The predicted octanol–water partition coefficient (Wildman–Crippen LogP) is 6.19. The molecule has 4 nitrogen and oxygen atoms in total. The van der Waals surface area contributed by atoms with Gasteiger partial charge in [-0.05, 0) is 90.9 Å². The lowest BCUT2D eigenvalue weighted by molar-refractivity contribution is -0.112. The van der Waals surface area contributed by atoms with Crippen LogP contribution >= 0.6 is 0 Å². The summed E-state index contributed by atoms with van der Waals surface area (Å²) >= 11 is 0. The molecule has 184 valence electrons. The number of unbranched alkanes of at least 4 members (excludes halogenated alkanes) is 2. The van der Waals surface area contributed by atoms with Crippen LogP contribution in [0.4, 0.5) is 0 Å². The molecule has 2 aliphatic carbocycles. The van der Waals surface area contributed by atoms with Gasteiger partial charge in [-0.1, -0.05) is 64.8 Å². The number of hydrogen-bond donors (Lipinski definition) is 2. The third-order valence-corrected chi connectivity index (χ3v) is 6.99. The van der Waals surface area contributed by atoms with Crippen LogP contribution in [0.2, 0.25) is 0 Å². The minimum Gasteiger partial charge on any atom is -0.396 e. The molecular weight excluding hydrogens is 412 g/mol. The summed E-state index contributed by atoms with van der Waals surface area (Å²) in [5, 5.41) is 18.7. The summed E-state index contributed by atoms with van der Waals surface area (Å²) in [6.45, 7) is 8.65. The molecule has 2 N–H and O–H groups in total. The van der Waals surface area contributed by atoms with Gasteiger partial charge < -0.3 is 10.2 Å². The highest BCUT2D eigenvalue weighted by Gasteiger charge is 2.23. The number of ketones is 2. The summed E-state index contributed by atoms with van der Waals surface area (Å²) < 4.78 is 0. The van der Waals surface area contributed by atoms with Gasteiger partial charge in [0.1, 0.15) is 0 Å². The number of aliphatic hydroxyl groups excluding tert-OH is 2. The Morgan fingerprint density at radius 3 is 1.15 bits per heavy atom. The minimum absolute atomic E-state index is 0.0462. The lowest BCUT2D eigenvalue weighted by Gasteiger charge is -2.21. The van der Waals surface area contributed by atoms with Crippen molar-refractivity contribution in [3.8, 4) is 0 Å². The van der Waals surface area contributed by atoms with Gasteiger partial charge >= 0.3 is 0 Å². The zero-order valence-corrected chi connectivity index (χ0v) is 21.2. The molecule has 0 fully saturated rings. The molecule has 0 saturated heterocycles. The second kappa shape index (κ2) is 12.6. The van der Waals surface area contributed by atoms with Crippen LogP contribution in [0.1, 0.15) is 98.3 Å². The molecule has 0 aromatic heterocycles. The number of rotatable bonds is 16. The fourth-order valence-electron chi connectivity index (χ4n) is 4.37. The van der Waals surface area contributed by atoms with Crippen LogP contribution in [-0.4, -0.2) is 35.0 Å². The molecule has 0 unspecified atom stereocenters. The van der Waals surface area contributed by atoms with E-state index in [-0.39, 0.29) is 35.6 Å². The molecule has 2 rings (SSSR count). The van der Waals surface area contributed by atoms with Gasteiger partial charge in [0.15, 0.2) is 11.6 Å². The molecule has 0 amide bonds. The molecule has 0 saturated carbocycles. The average molecular weight is 457 g/mol. The fraction of sp³-hybridized carbons (Fsp3) is 0.655. The first-order chi connectivity index (χ1) is 15.6. The van der Waals surface area contributed by atoms with Crippen LogP contribution in [0.15, 0.2) is 46.6 Å². The minimum atomic E-state index is -0.0462. The van der Waals surface area contributed by atoms with Crippen molar-refractivity contribution in [2.75, 3.05) is 13.2 Å². The third-order valence-electron chi connectivity index (χ3n) is 6.99. The largest absolute Gasteiger partial charge is 0.396 e. The van der Waals surface area contributed by atoms with E-state index in [4.69, 9.17) is 0 Å². The topological polar surface area (TPSA) is 74.6 Å². The summed E-state index contributed by atoms with van der Waals surface area (Å²) in [7, 11) is 0. The van der Waals surface area contributed by atoms with Gasteiger partial charge in [0.05, 0.1) is 0 Å². The fourth-order valence-corrected chi connectivity index (χ4v) is 4.37. The highest BCUT2D eigenvalue weighted by Crippen LogP contribution is 2.30. The van der Waals surface area contributed by atoms with Gasteiger partial charge in [-0.3, -0.25) is 9.59 Å². The van der Waals surface area contributed by atoms with Gasteiger partial charge in [-0.25, -0.2) is 0 Å². The van der Waals surface area contributed by atoms with Crippen molar-refractivity contribution < 1.29 is 19.8 Å². The lowest BCUT2D eigenvalue weighted by atomic mass is 9.87. The number of carbonyl (C=O) groups is 2. The van der Waals surface area contributed by atoms with E-state index in [0.29, 0.717) is 12.8 Å². The SMILES string of the molecule is CC(C)(CO)CCCCC1=CC=C(CCCC2=CC=C(CCCCC(C)(C)CO)C2=O)C1=O. The van der Waals surface area contributed by atoms with Crippen LogP contribution in [0, 0.1) is 10.8 Å². The van der Waals surface area contributed by atoms with E-state index in [2.05, 4.69) is 27.7 Å². The van der Waals surface area contributed by atoms with E-state index >= 15 is 0 Å². The average Bonchev–Trinajstić information content (AvgIpc) is 3.31. The second-order valence-corrected chi connectivity index (χ2v) is 11.3. The monoisotopic (exact) mass is 456 g/mol. The molecular formula is C29H44O4. The zero-order chi connectivity index (χ0) is 24.5. The smallest absolute Gasteiger partial charge is 0.184 e. The Labute approximate surface area is 200 Å². The summed E-state index contributed by atoms with van der Waals surface area (Å²) in [6.07, 6.45) is 17.6. The number of Topliss-reactive ketones (excluding diaryl/α,β-unsaturated/α-hetero) is 2. The molecule has 33 heavy (non-hydrogen) atoms. The Morgan fingerprint density at radius 1 is 0.545 bits per heavy atom. The molecule has 0 atom stereocenters. The summed E-state index contributed by atoms with van der Waals surface area (Å²) in [5.41, 5.74) is 3.44. The van der Waals surface area contributed by atoms with Gasteiger partial charge in [0.2, 0.25) is 0 Å². The first-order valence-electron chi connectivity index (χ1n) is 12.7. The van der Waals surface area contributed by atoms with E-state index < -0.39 is 0 Å². The number of carbonyl (C=O) groups excluding carboxylic acids is 2. The molecule has 0 aromatic rings. The van der Waals surface area contributed by atoms with Crippen LogP contribution in [0.3, 0.4) is 0 Å². The van der Waals surface area contributed by atoms with Gasteiger partial charge in [0, 0.05) is 13.2 Å².